The first kappa shape index (κ1) is 19.4. The molecule has 7 heteroatoms. The summed E-state index contributed by atoms with van der Waals surface area (Å²) in [5.41, 5.74) is 2.86. The van der Waals surface area contributed by atoms with Crippen LogP contribution < -0.4 is 10.6 Å². The molecule has 2 N–H and O–H groups in total. The van der Waals surface area contributed by atoms with Crippen LogP contribution >= 0.6 is 12.4 Å². The minimum Gasteiger partial charge on any atom is -0.350 e. The van der Waals surface area contributed by atoms with Gasteiger partial charge in [-0.2, -0.15) is 0 Å². The van der Waals surface area contributed by atoms with Gasteiger partial charge in [0.25, 0.3) is 5.91 Å². The predicted molar refractivity (Wildman–Crippen MR) is 100 cm³/mol. The molecule has 25 heavy (non-hydrogen) atoms. The summed E-state index contributed by atoms with van der Waals surface area (Å²) in [5.74, 6) is 0.100. The number of piperidine rings is 1. The minimum absolute atomic E-state index is 0. The Hall–Kier alpha value is -1.92. The molecule has 0 saturated carbocycles. The Bertz CT molecular complexity index is 679. The second-order valence-electron chi connectivity index (χ2n) is 6.59. The van der Waals surface area contributed by atoms with E-state index < -0.39 is 0 Å². The highest BCUT2D eigenvalue weighted by Crippen LogP contribution is 2.17. The third-order valence-electron chi connectivity index (χ3n) is 4.64. The van der Waals surface area contributed by atoms with Crippen LogP contribution in [0.15, 0.2) is 30.5 Å². The molecule has 136 valence electrons. The van der Waals surface area contributed by atoms with Crippen molar-refractivity contribution in [2.75, 3.05) is 19.6 Å². The molecule has 3 rings (SSSR count). The zero-order valence-corrected chi connectivity index (χ0v) is 15.6. The smallest absolute Gasteiger partial charge is 0.273 e. The van der Waals surface area contributed by atoms with Gasteiger partial charge in [-0.25, -0.2) is 4.68 Å². The van der Waals surface area contributed by atoms with Gasteiger partial charge in [0, 0.05) is 6.54 Å². The summed E-state index contributed by atoms with van der Waals surface area (Å²) in [4.78, 5) is 12.3. The monoisotopic (exact) mass is 363 g/mol. The van der Waals surface area contributed by atoms with Crippen molar-refractivity contribution in [3.8, 4) is 0 Å². The third kappa shape index (κ3) is 5.03. The number of hydrogen-bond acceptors (Lipinski definition) is 4. The normalized spacial score (nSPS) is 16.1. The van der Waals surface area contributed by atoms with Crippen LogP contribution in [0, 0.1) is 6.92 Å². The molecule has 1 aromatic heterocycles. The number of carbonyl (C=O) groups excluding carboxylic acids is 1. The number of benzene rings is 1. The van der Waals surface area contributed by atoms with Gasteiger partial charge in [-0.1, -0.05) is 42.0 Å². The third-order valence-corrected chi connectivity index (χ3v) is 4.64. The Morgan fingerprint density at radius 2 is 2.00 bits per heavy atom. The number of aryl methyl sites for hydroxylation is 1. The summed E-state index contributed by atoms with van der Waals surface area (Å²) in [5, 5.41) is 14.5. The molecule has 1 aliphatic heterocycles. The van der Waals surface area contributed by atoms with E-state index in [-0.39, 0.29) is 24.2 Å². The maximum absolute atomic E-state index is 12.3. The number of nitrogens with one attached hydrogen (secondary N) is 2. The van der Waals surface area contributed by atoms with Crippen molar-refractivity contribution >= 4 is 18.3 Å². The van der Waals surface area contributed by atoms with Crippen molar-refractivity contribution in [1.82, 2.24) is 25.6 Å². The van der Waals surface area contributed by atoms with E-state index in [0.29, 0.717) is 18.3 Å². The fourth-order valence-electron chi connectivity index (χ4n) is 2.98. The minimum atomic E-state index is -0.158. The van der Waals surface area contributed by atoms with Crippen LogP contribution in [0.2, 0.25) is 0 Å². The quantitative estimate of drug-likeness (QED) is 0.856. The van der Waals surface area contributed by atoms with Crippen LogP contribution in [0.3, 0.4) is 0 Å². The standard InChI is InChI=1S/C18H25N5O.ClH/c1-13-3-5-15(6-4-13)14(2)11-20-18(24)17-12-23(22-21-17)16-7-9-19-10-8-16;/h3-6,12,14,16,19H,7-11H2,1-2H3,(H,20,24);1H. The summed E-state index contributed by atoms with van der Waals surface area (Å²) >= 11 is 0. The first-order valence-corrected chi connectivity index (χ1v) is 8.61. The lowest BCUT2D eigenvalue weighted by molar-refractivity contribution is 0.0946. The Kier molecular flexibility index (Phi) is 6.96. The molecular weight excluding hydrogens is 338 g/mol. The molecule has 0 bridgehead atoms. The number of rotatable bonds is 5. The number of carbonyl (C=O) groups is 1. The Morgan fingerprint density at radius 3 is 2.68 bits per heavy atom. The summed E-state index contributed by atoms with van der Waals surface area (Å²) in [7, 11) is 0. The van der Waals surface area contributed by atoms with Crippen LogP contribution in [0.4, 0.5) is 0 Å². The summed E-state index contributed by atoms with van der Waals surface area (Å²) in [6.07, 6.45) is 3.81. The molecule has 1 fully saturated rings. The molecule has 1 atom stereocenters. The Morgan fingerprint density at radius 1 is 1.32 bits per heavy atom. The van der Waals surface area contributed by atoms with E-state index in [1.54, 1.807) is 6.20 Å². The average Bonchev–Trinajstić information content (AvgIpc) is 3.11. The number of amides is 1. The highest BCUT2D eigenvalue weighted by Gasteiger charge is 2.19. The summed E-state index contributed by atoms with van der Waals surface area (Å²) < 4.78 is 1.83. The van der Waals surface area contributed by atoms with Gasteiger partial charge >= 0.3 is 0 Å². The van der Waals surface area contributed by atoms with Crippen molar-refractivity contribution in [3.63, 3.8) is 0 Å². The molecule has 1 aromatic carbocycles. The summed E-state index contributed by atoms with van der Waals surface area (Å²) in [6, 6.07) is 8.75. The zero-order chi connectivity index (χ0) is 16.9. The number of nitrogens with zero attached hydrogens (tertiary/aromatic N) is 3. The molecule has 1 unspecified atom stereocenters. The lowest BCUT2D eigenvalue weighted by atomic mass is 10.00. The van der Waals surface area contributed by atoms with E-state index in [4.69, 9.17) is 0 Å². The van der Waals surface area contributed by atoms with Gasteiger partial charge in [-0.15, -0.1) is 17.5 Å². The van der Waals surface area contributed by atoms with Crippen molar-refractivity contribution < 1.29 is 4.79 Å². The topological polar surface area (TPSA) is 71.8 Å². The molecule has 0 aliphatic carbocycles. The molecule has 1 saturated heterocycles. The first-order chi connectivity index (χ1) is 11.6. The van der Waals surface area contributed by atoms with E-state index in [2.05, 4.69) is 59.1 Å². The number of aromatic nitrogens is 3. The van der Waals surface area contributed by atoms with E-state index in [9.17, 15) is 4.79 Å². The first-order valence-electron chi connectivity index (χ1n) is 8.61. The van der Waals surface area contributed by atoms with Gasteiger partial charge in [0.2, 0.25) is 0 Å². The summed E-state index contributed by atoms with van der Waals surface area (Å²) in [6.45, 7) is 6.74. The highest BCUT2D eigenvalue weighted by molar-refractivity contribution is 5.91. The average molecular weight is 364 g/mol. The zero-order valence-electron chi connectivity index (χ0n) is 14.7. The van der Waals surface area contributed by atoms with E-state index in [1.165, 1.54) is 11.1 Å². The lowest BCUT2D eigenvalue weighted by Crippen LogP contribution is -2.29. The fourth-order valence-corrected chi connectivity index (χ4v) is 2.98. The van der Waals surface area contributed by atoms with Crippen molar-refractivity contribution in [1.29, 1.82) is 0 Å². The van der Waals surface area contributed by atoms with Gasteiger partial charge in [0.05, 0.1) is 12.2 Å². The fraction of sp³-hybridized carbons (Fsp3) is 0.500. The van der Waals surface area contributed by atoms with Crippen LogP contribution in [-0.2, 0) is 0 Å². The van der Waals surface area contributed by atoms with Crippen molar-refractivity contribution in [3.05, 3.63) is 47.3 Å². The lowest BCUT2D eigenvalue weighted by Gasteiger charge is -2.22. The second-order valence-corrected chi connectivity index (χ2v) is 6.59. The molecule has 2 aromatic rings. The van der Waals surface area contributed by atoms with Crippen molar-refractivity contribution in [2.45, 2.75) is 38.6 Å². The van der Waals surface area contributed by atoms with Gasteiger partial charge in [0.1, 0.15) is 0 Å². The molecular formula is C18H26ClN5O. The second kappa shape index (κ2) is 8.97. The molecule has 1 aliphatic rings. The maximum Gasteiger partial charge on any atom is 0.273 e. The Balaban J connectivity index is 0.00000225. The van der Waals surface area contributed by atoms with E-state index in [0.717, 1.165) is 25.9 Å². The van der Waals surface area contributed by atoms with Crippen LogP contribution in [0.1, 0.15) is 53.3 Å². The maximum atomic E-state index is 12.3. The SMILES string of the molecule is Cc1ccc(C(C)CNC(=O)c2cn(C3CCNCC3)nn2)cc1.Cl. The van der Waals surface area contributed by atoms with E-state index >= 15 is 0 Å². The van der Waals surface area contributed by atoms with Gasteiger partial charge in [-0.3, -0.25) is 4.79 Å². The largest absolute Gasteiger partial charge is 0.350 e. The van der Waals surface area contributed by atoms with Gasteiger partial charge < -0.3 is 10.6 Å². The number of halogens is 1. The number of hydrogen-bond donors (Lipinski definition) is 2. The van der Waals surface area contributed by atoms with Crippen molar-refractivity contribution in [2.24, 2.45) is 0 Å². The van der Waals surface area contributed by atoms with Gasteiger partial charge in [0.15, 0.2) is 5.69 Å². The van der Waals surface area contributed by atoms with Crippen LogP contribution in [-0.4, -0.2) is 40.5 Å². The molecule has 1 amide bonds. The van der Waals surface area contributed by atoms with E-state index in [1.807, 2.05) is 4.68 Å². The van der Waals surface area contributed by atoms with Crippen LogP contribution in [0.5, 0.6) is 0 Å². The Labute approximate surface area is 154 Å². The molecule has 0 spiro atoms. The molecule has 6 nitrogen and oxygen atoms in total. The van der Waals surface area contributed by atoms with Gasteiger partial charge in [-0.05, 0) is 44.3 Å². The molecule has 0 radical (unpaired) electrons. The molecule has 2 heterocycles. The predicted octanol–water partition coefficient (Wildman–Crippen LogP) is 2.47. The van der Waals surface area contributed by atoms with Crippen LogP contribution in [0.25, 0.3) is 0 Å². The highest BCUT2D eigenvalue weighted by atomic mass is 35.5.